The molecule has 0 radical (unpaired) electrons. The van der Waals surface area contributed by atoms with Crippen molar-refractivity contribution in [2.24, 2.45) is 0 Å². The molecule has 2 heterocycles. The summed E-state index contributed by atoms with van der Waals surface area (Å²) in [5.74, 6) is 0.499. The van der Waals surface area contributed by atoms with Crippen LogP contribution in [0.4, 0.5) is 5.69 Å². The molecule has 2 aromatic rings. The van der Waals surface area contributed by atoms with Gasteiger partial charge in [0.2, 0.25) is 0 Å². The fraction of sp³-hybridized carbons (Fsp3) is 0.318. The maximum absolute atomic E-state index is 12.6. The number of fused-ring (bicyclic) bond motifs is 2. The van der Waals surface area contributed by atoms with E-state index in [9.17, 15) is 4.79 Å². The van der Waals surface area contributed by atoms with Crippen molar-refractivity contribution in [3.05, 3.63) is 63.8 Å². The molecular weight excluding hydrogens is 378 g/mol. The number of esters is 1. The van der Waals surface area contributed by atoms with E-state index < -0.39 is 12.1 Å². The summed E-state index contributed by atoms with van der Waals surface area (Å²) in [7, 11) is 5.08. The Bertz CT molecular complexity index is 1010. The van der Waals surface area contributed by atoms with Gasteiger partial charge in [-0.25, -0.2) is 4.79 Å². The van der Waals surface area contributed by atoms with Crippen LogP contribution >= 0.6 is 11.6 Å². The Morgan fingerprint density at radius 2 is 1.93 bits per heavy atom. The van der Waals surface area contributed by atoms with Crippen LogP contribution in [0.1, 0.15) is 41.4 Å². The van der Waals surface area contributed by atoms with Crippen molar-refractivity contribution >= 4 is 23.3 Å². The number of cyclic esters (lactones) is 1. The lowest BCUT2D eigenvalue weighted by Crippen LogP contribution is -2.23. The van der Waals surface area contributed by atoms with E-state index >= 15 is 0 Å². The summed E-state index contributed by atoms with van der Waals surface area (Å²) >= 11 is 6.23. The fourth-order valence-corrected chi connectivity index (χ4v) is 4.38. The zero-order chi connectivity index (χ0) is 20.2. The van der Waals surface area contributed by atoms with Gasteiger partial charge in [0.1, 0.15) is 11.7 Å². The van der Waals surface area contributed by atoms with E-state index in [0.29, 0.717) is 22.1 Å². The zero-order valence-electron chi connectivity index (χ0n) is 16.5. The monoisotopic (exact) mass is 399 g/mol. The molecule has 2 aliphatic heterocycles. The van der Waals surface area contributed by atoms with Crippen molar-refractivity contribution in [2.45, 2.75) is 25.4 Å². The minimum Gasteiger partial charge on any atom is -0.493 e. The maximum Gasteiger partial charge on any atom is 0.343 e. The summed E-state index contributed by atoms with van der Waals surface area (Å²) in [6.07, 6.45) is 1.51. The van der Waals surface area contributed by atoms with Crippen LogP contribution in [0.25, 0.3) is 0 Å². The van der Waals surface area contributed by atoms with E-state index in [0.717, 1.165) is 22.5 Å². The Balaban J connectivity index is 1.81. The second-order valence-corrected chi connectivity index (χ2v) is 7.93. The van der Waals surface area contributed by atoms with E-state index in [1.54, 1.807) is 13.2 Å². The number of methoxy groups -OCH3 is 2. The third-order valence-corrected chi connectivity index (χ3v) is 5.86. The molecule has 0 bridgehead atoms. The van der Waals surface area contributed by atoms with E-state index in [4.69, 9.17) is 25.8 Å². The van der Waals surface area contributed by atoms with Crippen LogP contribution in [-0.2, 0) is 10.2 Å². The number of hydrogen-bond donors (Lipinski definition) is 0. The predicted octanol–water partition coefficient (Wildman–Crippen LogP) is 4.88. The van der Waals surface area contributed by atoms with Gasteiger partial charge in [-0.2, -0.15) is 0 Å². The van der Waals surface area contributed by atoms with Crippen LogP contribution < -0.4 is 14.4 Å². The van der Waals surface area contributed by atoms with E-state index in [-0.39, 0.29) is 5.41 Å². The Morgan fingerprint density at radius 3 is 2.61 bits per heavy atom. The van der Waals surface area contributed by atoms with Crippen molar-refractivity contribution in [1.29, 1.82) is 0 Å². The van der Waals surface area contributed by atoms with Crippen LogP contribution in [0.15, 0.2) is 42.1 Å². The van der Waals surface area contributed by atoms with Gasteiger partial charge in [-0.15, -0.1) is 0 Å². The molecule has 146 valence electrons. The molecule has 2 aromatic carbocycles. The number of hydrogen-bond acceptors (Lipinski definition) is 5. The first kappa shape index (κ1) is 18.7. The lowest BCUT2D eigenvalue weighted by Gasteiger charge is -2.25. The number of carbonyl (C=O) groups excluding carboxylic acids is 1. The second-order valence-electron chi connectivity index (χ2n) is 7.49. The summed E-state index contributed by atoms with van der Waals surface area (Å²) in [6.45, 7) is 4.29. The Hall–Kier alpha value is -2.66. The van der Waals surface area contributed by atoms with Gasteiger partial charge in [0.05, 0.1) is 14.2 Å². The lowest BCUT2D eigenvalue weighted by atomic mass is 9.83. The molecule has 4 rings (SSSR count). The molecule has 6 heteroatoms. The molecule has 5 nitrogen and oxygen atoms in total. The molecule has 2 aliphatic rings. The number of likely N-dealkylation sites (N-methyl/N-ethyl adjacent to an activating group) is 1. The number of benzene rings is 2. The summed E-state index contributed by atoms with van der Waals surface area (Å²) < 4.78 is 16.4. The van der Waals surface area contributed by atoms with Crippen molar-refractivity contribution in [1.82, 2.24) is 0 Å². The molecule has 1 atom stereocenters. The molecule has 0 spiro atoms. The number of rotatable bonds is 3. The van der Waals surface area contributed by atoms with Gasteiger partial charge < -0.3 is 19.1 Å². The van der Waals surface area contributed by atoms with Crippen LogP contribution in [0, 0.1) is 0 Å². The number of halogens is 1. The maximum atomic E-state index is 12.6. The molecule has 0 saturated heterocycles. The van der Waals surface area contributed by atoms with Gasteiger partial charge in [0.15, 0.2) is 11.5 Å². The minimum atomic E-state index is -0.496. The molecular formula is C22H22ClNO4. The SMILES string of the molecule is COc1ccc2c(c1OC)C(=O)OC2/C=C1/N(C)c2ccc(Cl)cc2C1(C)C. The largest absolute Gasteiger partial charge is 0.493 e. The smallest absolute Gasteiger partial charge is 0.343 e. The lowest BCUT2D eigenvalue weighted by molar-refractivity contribution is 0.0463. The van der Waals surface area contributed by atoms with Gasteiger partial charge in [-0.3, -0.25) is 0 Å². The third kappa shape index (κ3) is 2.57. The van der Waals surface area contributed by atoms with Crippen LogP contribution in [0.5, 0.6) is 11.5 Å². The summed E-state index contributed by atoms with van der Waals surface area (Å²) in [5, 5.41) is 0.705. The topological polar surface area (TPSA) is 48.0 Å². The number of ether oxygens (including phenoxy) is 3. The standard InChI is InChI=1S/C22H22ClNO4/c1-22(2)14-10-12(23)6-8-15(14)24(3)18(22)11-17-13-7-9-16(26-4)20(27-5)19(13)21(25)28-17/h6-11,17H,1-5H3/b18-11+. The number of anilines is 1. The summed E-state index contributed by atoms with van der Waals surface area (Å²) in [4.78, 5) is 14.7. The average Bonchev–Trinajstić information content (AvgIpc) is 3.08. The van der Waals surface area contributed by atoms with Gasteiger partial charge in [-0.05, 0) is 35.9 Å². The number of nitrogens with zero attached hydrogens (tertiary/aromatic N) is 1. The van der Waals surface area contributed by atoms with Gasteiger partial charge in [-0.1, -0.05) is 31.5 Å². The number of carbonyl (C=O) groups is 1. The second kappa shape index (κ2) is 6.45. The quantitative estimate of drug-likeness (QED) is 0.688. The highest BCUT2D eigenvalue weighted by atomic mass is 35.5. The van der Waals surface area contributed by atoms with Crippen LogP contribution in [0.3, 0.4) is 0 Å². The molecule has 0 saturated carbocycles. The molecule has 0 N–H and O–H groups in total. The Kier molecular flexibility index (Phi) is 4.31. The minimum absolute atomic E-state index is 0.277. The Morgan fingerprint density at radius 1 is 1.18 bits per heavy atom. The Labute approximate surface area is 169 Å². The molecule has 0 aromatic heterocycles. The average molecular weight is 400 g/mol. The highest BCUT2D eigenvalue weighted by Gasteiger charge is 2.41. The van der Waals surface area contributed by atoms with Crippen molar-refractivity contribution in [3.63, 3.8) is 0 Å². The fourth-order valence-electron chi connectivity index (χ4n) is 4.20. The molecule has 28 heavy (non-hydrogen) atoms. The van der Waals surface area contributed by atoms with Crippen LogP contribution in [0.2, 0.25) is 5.02 Å². The zero-order valence-corrected chi connectivity index (χ0v) is 17.3. The van der Waals surface area contributed by atoms with Crippen LogP contribution in [-0.4, -0.2) is 27.2 Å². The highest BCUT2D eigenvalue weighted by Crippen LogP contribution is 2.50. The molecule has 0 aliphatic carbocycles. The highest BCUT2D eigenvalue weighted by molar-refractivity contribution is 6.30. The molecule has 0 amide bonds. The first-order valence-corrected chi connectivity index (χ1v) is 9.39. The van der Waals surface area contributed by atoms with E-state index in [1.807, 2.05) is 37.4 Å². The summed E-state index contributed by atoms with van der Waals surface area (Å²) in [5.41, 5.74) is 4.20. The van der Waals surface area contributed by atoms with Crippen molar-refractivity contribution in [2.75, 3.05) is 26.2 Å². The van der Waals surface area contributed by atoms with Gasteiger partial charge in [0.25, 0.3) is 0 Å². The van der Waals surface area contributed by atoms with Gasteiger partial charge in [0, 0.05) is 34.4 Å². The summed E-state index contributed by atoms with van der Waals surface area (Å²) in [6, 6.07) is 9.55. The van der Waals surface area contributed by atoms with Crippen molar-refractivity contribution < 1.29 is 19.0 Å². The van der Waals surface area contributed by atoms with Gasteiger partial charge >= 0.3 is 5.97 Å². The predicted molar refractivity (Wildman–Crippen MR) is 109 cm³/mol. The third-order valence-electron chi connectivity index (χ3n) is 5.63. The first-order valence-electron chi connectivity index (χ1n) is 9.01. The molecule has 1 unspecified atom stereocenters. The van der Waals surface area contributed by atoms with E-state index in [2.05, 4.69) is 18.7 Å². The first-order chi connectivity index (χ1) is 13.3. The normalized spacial score (nSPS) is 20.8. The van der Waals surface area contributed by atoms with Crippen molar-refractivity contribution in [3.8, 4) is 11.5 Å². The number of allylic oxidation sites excluding steroid dienone is 1. The molecule has 0 fully saturated rings. The van der Waals surface area contributed by atoms with E-state index in [1.165, 1.54) is 7.11 Å².